The van der Waals surface area contributed by atoms with E-state index in [1.165, 1.54) is 0 Å². The maximum absolute atomic E-state index is 12.2. The molecule has 1 atom stereocenters. The van der Waals surface area contributed by atoms with Crippen LogP contribution in [0.25, 0.3) is 0 Å². The number of hydrogen-bond donors (Lipinski definition) is 4. The lowest BCUT2D eigenvalue weighted by Crippen LogP contribution is -2.44. The van der Waals surface area contributed by atoms with Crippen LogP contribution in [-0.4, -0.2) is 39.8 Å². The second kappa shape index (κ2) is 11.1. The molecule has 0 aliphatic carbocycles. The summed E-state index contributed by atoms with van der Waals surface area (Å²) >= 11 is 0. The van der Waals surface area contributed by atoms with E-state index in [2.05, 4.69) is 26.0 Å². The van der Waals surface area contributed by atoms with Crippen LogP contribution in [0.3, 0.4) is 0 Å². The molecule has 3 rings (SSSR count). The molecule has 8 heteroatoms. The zero-order chi connectivity index (χ0) is 22.8. The summed E-state index contributed by atoms with van der Waals surface area (Å²) in [5, 5.41) is 24.1. The largest absolute Gasteiger partial charge is 0.384 e. The van der Waals surface area contributed by atoms with Gasteiger partial charge < -0.3 is 21.1 Å². The number of aromatic nitrogens is 2. The molecule has 32 heavy (non-hydrogen) atoms. The topological polar surface area (TPSA) is 104 Å². The summed E-state index contributed by atoms with van der Waals surface area (Å²) in [6.07, 6.45) is 3.39. The van der Waals surface area contributed by atoms with Crippen LogP contribution in [-0.2, 0) is 23.5 Å². The number of guanidine groups is 1. The molecule has 0 spiro atoms. The fourth-order valence-electron chi connectivity index (χ4n) is 3.16. The van der Waals surface area contributed by atoms with E-state index >= 15 is 0 Å². The van der Waals surface area contributed by atoms with Crippen molar-refractivity contribution in [1.29, 1.82) is 0 Å². The molecule has 0 aliphatic heterocycles. The quantitative estimate of drug-likeness (QED) is 0.306. The fraction of sp³-hybridized carbons (Fsp3) is 0.292. The Bertz CT molecular complexity index is 1020. The first-order valence-electron chi connectivity index (χ1n) is 10.6. The minimum Gasteiger partial charge on any atom is -0.384 e. The van der Waals surface area contributed by atoms with E-state index in [-0.39, 0.29) is 12.5 Å². The average Bonchev–Trinajstić information content (AvgIpc) is 3.29. The molecule has 1 heterocycles. The Morgan fingerprint density at radius 1 is 1.12 bits per heavy atom. The minimum atomic E-state index is -1.03. The van der Waals surface area contributed by atoms with E-state index in [4.69, 9.17) is 0 Å². The predicted molar refractivity (Wildman–Crippen MR) is 126 cm³/mol. The summed E-state index contributed by atoms with van der Waals surface area (Å²) < 4.78 is 1.57. The Balaban J connectivity index is 1.59. The predicted octanol–water partition coefficient (Wildman–Crippen LogP) is 2.48. The van der Waals surface area contributed by atoms with Crippen LogP contribution in [0.4, 0.5) is 5.69 Å². The Kier molecular flexibility index (Phi) is 7.99. The monoisotopic (exact) mass is 434 g/mol. The molecular formula is C24H30N6O2. The molecule has 2 aromatic carbocycles. The van der Waals surface area contributed by atoms with Crippen molar-refractivity contribution in [2.75, 3.05) is 18.4 Å². The lowest BCUT2D eigenvalue weighted by atomic mass is 9.96. The molecule has 0 radical (unpaired) electrons. The van der Waals surface area contributed by atoms with Gasteiger partial charge >= 0.3 is 0 Å². The lowest BCUT2D eigenvalue weighted by molar-refractivity contribution is -0.116. The summed E-state index contributed by atoms with van der Waals surface area (Å²) in [7, 11) is 0. The number of anilines is 1. The van der Waals surface area contributed by atoms with Crippen LogP contribution in [0.2, 0.25) is 0 Å². The second-order valence-electron chi connectivity index (χ2n) is 7.64. The average molecular weight is 435 g/mol. The third-order valence-corrected chi connectivity index (χ3v) is 4.84. The van der Waals surface area contributed by atoms with Gasteiger partial charge in [0.1, 0.15) is 12.1 Å². The Hall–Kier alpha value is -3.65. The summed E-state index contributed by atoms with van der Waals surface area (Å²) in [4.78, 5) is 16.8. The van der Waals surface area contributed by atoms with Gasteiger partial charge in [-0.15, -0.1) is 0 Å². The smallest absolute Gasteiger partial charge is 0.246 e. The number of nitrogens with zero attached hydrogens (tertiary/aromatic N) is 3. The van der Waals surface area contributed by atoms with Crippen LogP contribution < -0.4 is 16.0 Å². The van der Waals surface area contributed by atoms with Crippen LogP contribution in [0.5, 0.6) is 0 Å². The molecule has 168 valence electrons. The standard InChI is InChI=1S/C24H30N6O2/c1-3-25-23(27-18-24(2,32)20-10-5-4-6-11-20)26-16-19-9-7-12-21(15-19)29-22(31)17-30-14-8-13-28-30/h4-15,32H,3,16-18H2,1-2H3,(H,29,31)(H2,25,26,27). The molecule has 1 amide bonds. The summed E-state index contributed by atoms with van der Waals surface area (Å²) in [5.74, 6) is 0.462. The highest BCUT2D eigenvalue weighted by atomic mass is 16.3. The first kappa shape index (κ1) is 23.0. The maximum Gasteiger partial charge on any atom is 0.246 e. The van der Waals surface area contributed by atoms with Crippen molar-refractivity contribution in [1.82, 2.24) is 20.4 Å². The van der Waals surface area contributed by atoms with E-state index < -0.39 is 5.60 Å². The summed E-state index contributed by atoms with van der Waals surface area (Å²) in [6.45, 7) is 5.35. The minimum absolute atomic E-state index is 0.146. The Morgan fingerprint density at radius 3 is 2.66 bits per heavy atom. The van der Waals surface area contributed by atoms with Crippen molar-refractivity contribution in [2.45, 2.75) is 32.5 Å². The number of hydrogen-bond acceptors (Lipinski definition) is 4. The van der Waals surface area contributed by atoms with Crippen molar-refractivity contribution in [2.24, 2.45) is 4.99 Å². The van der Waals surface area contributed by atoms with Crippen LogP contribution in [0.1, 0.15) is 25.0 Å². The van der Waals surface area contributed by atoms with Crippen molar-refractivity contribution in [3.05, 3.63) is 84.2 Å². The van der Waals surface area contributed by atoms with Crippen molar-refractivity contribution in [3.8, 4) is 0 Å². The molecule has 0 aliphatic rings. The molecule has 3 aromatic rings. The second-order valence-corrected chi connectivity index (χ2v) is 7.64. The molecule has 0 saturated heterocycles. The number of carbonyl (C=O) groups excluding carboxylic acids is 1. The molecule has 1 aromatic heterocycles. The Morgan fingerprint density at radius 2 is 1.94 bits per heavy atom. The number of benzene rings is 2. The number of aliphatic imine (C=N–C) groups is 1. The van der Waals surface area contributed by atoms with Gasteiger partial charge in [-0.3, -0.25) is 9.48 Å². The molecule has 4 N–H and O–H groups in total. The molecule has 1 unspecified atom stereocenters. The van der Waals surface area contributed by atoms with E-state index in [1.807, 2.05) is 61.5 Å². The van der Waals surface area contributed by atoms with Crippen molar-refractivity contribution in [3.63, 3.8) is 0 Å². The highest BCUT2D eigenvalue weighted by Crippen LogP contribution is 2.19. The van der Waals surface area contributed by atoms with Gasteiger partial charge in [0, 0.05) is 24.6 Å². The van der Waals surface area contributed by atoms with Crippen LogP contribution >= 0.6 is 0 Å². The first-order chi connectivity index (χ1) is 15.5. The summed E-state index contributed by atoms with van der Waals surface area (Å²) in [6, 6.07) is 18.9. The van der Waals surface area contributed by atoms with Gasteiger partial charge in [-0.2, -0.15) is 5.10 Å². The molecular weight excluding hydrogens is 404 g/mol. The number of nitrogens with one attached hydrogen (secondary N) is 3. The number of carbonyl (C=O) groups is 1. The van der Waals surface area contributed by atoms with Gasteiger partial charge in [-0.1, -0.05) is 42.5 Å². The highest BCUT2D eigenvalue weighted by molar-refractivity contribution is 5.90. The molecule has 0 fully saturated rings. The SMILES string of the molecule is CCNC(=NCc1cccc(NC(=O)Cn2cccn2)c1)NCC(C)(O)c1ccccc1. The maximum atomic E-state index is 12.2. The van der Waals surface area contributed by atoms with Crippen molar-refractivity contribution < 1.29 is 9.90 Å². The van der Waals surface area contributed by atoms with Gasteiger partial charge in [0.05, 0.1) is 13.1 Å². The highest BCUT2D eigenvalue weighted by Gasteiger charge is 2.22. The van der Waals surface area contributed by atoms with Gasteiger partial charge in [0.15, 0.2) is 5.96 Å². The van der Waals surface area contributed by atoms with Crippen molar-refractivity contribution >= 4 is 17.6 Å². The first-order valence-corrected chi connectivity index (χ1v) is 10.6. The van der Waals surface area contributed by atoms with Gasteiger partial charge in [-0.25, -0.2) is 4.99 Å². The molecule has 0 saturated carbocycles. The third kappa shape index (κ3) is 6.95. The van der Waals surface area contributed by atoms with Crippen LogP contribution in [0.15, 0.2) is 78.0 Å². The normalized spacial score (nSPS) is 13.3. The van der Waals surface area contributed by atoms with E-state index in [1.54, 1.807) is 30.1 Å². The third-order valence-electron chi connectivity index (χ3n) is 4.84. The number of amides is 1. The summed E-state index contributed by atoms with van der Waals surface area (Å²) in [5.41, 5.74) is 1.46. The number of rotatable bonds is 9. The zero-order valence-electron chi connectivity index (χ0n) is 18.5. The number of aliphatic hydroxyl groups is 1. The fourth-order valence-corrected chi connectivity index (χ4v) is 3.16. The van der Waals surface area contributed by atoms with Gasteiger partial charge in [0.2, 0.25) is 5.91 Å². The van der Waals surface area contributed by atoms with E-state index in [0.717, 1.165) is 11.1 Å². The molecule has 0 bridgehead atoms. The molecule has 8 nitrogen and oxygen atoms in total. The van der Waals surface area contributed by atoms with Gasteiger partial charge in [-0.05, 0) is 43.2 Å². The van der Waals surface area contributed by atoms with E-state index in [9.17, 15) is 9.90 Å². The lowest BCUT2D eigenvalue weighted by Gasteiger charge is -2.25. The zero-order valence-corrected chi connectivity index (χ0v) is 18.5. The van der Waals surface area contributed by atoms with Gasteiger partial charge in [0.25, 0.3) is 0 Å². The van der Waals surface area contributed by atoms with Crippen LogP contribution in [0, 0.1) is 0 Å². The van der Waals surface area contributed by atoms with E-state index in [0.29, 0.717) is 31.3 Å². The Labute approximate surface area is 188 Å².